The van der Waals surface area contributed by atoms with Crippen molar-refractivity contribution in [3.63, 3.8) is 0 Å². The Morgan fingerprint density at radius 3 is 2.44 bits per heavy atom. The van der Waals surface area contributed by atoms with Gasteiger partial charge >= 0.3 is 0 Å². The molecular weight excluding hydrogens is 210 g/mol. The van der Waals surface area contributed by atoms with E-state index in [1.807, 2.05) is 0 Å². The van der Waals surface area contributed by atoms with Gasteiger partial charge in [-0.2, -0.15) is 0 Å². The van der Waals surface area contributed by atoms with Gasteiger partial charge in [0, 0.05) is 12.5 Å². The summed E-state index contributed by atoms with van der Waals surface area (Å²) in [4.78, 5) is 11.6. The van der Waals surface area contributed by atoms with Crippen LogP contribution in [0.1, 0.15) is 35.7 Å². The molecule has 16 heavy (non-hydrogen) atoms. The second-order valence-electron chi connectivity index (χ2n) is 3.96. The first-order valence-corrected chi connectivity index (χ1v) is 5.05. The third-order valence-corrected chi connectivity index (χ3v) is 2.33. The summed E-state index contributed by atoms with van der Waals surface area (Å²) < 4.78 is 26.3. The maximum absolute atomic E-state index is 13.3. The molecular formula is C13H14F2O. The fraction of sp³-hybridized carbons (Fsp3) is 0.308. The summed E-state index contributed by atoms with van der Waals surface area (Å²) in [7, 11) is 0. The molecule has 0 N–H and O–H groups in total. The zero-order valence-electron chi connectivity index (χ0n) is 9.44. The van der Waals surface area contributed by atoms with Gasteiger partial charge in [0.25, 0.3) is 0 Å². The maximum Gasteiger partial charge on any atom is 0.166 e. The molecule has 3 heteroatoms. The molecule has 0 fully saturated rings. The van der Waals surface area contributed by atoms with E-state index >= 15 is 0 Å². The average Bonchev–Trinajstić information content (AvgIpc) is 2.20. The van der Waals surface area contributed by atoms with Crippen molar-refractivity contribution in [2.45, 2.75) is 26.7 Å². The van der Waals surface area contributed by atoms with Crippen LogP contribution in [0.3, 0.4) is 0 Å². The van der Waals surface area contributed by atoms with Crippen molar-refractivity contribution in [3.8, 4) is 0 Å². The minimum atomic E-state index is -0.796. The molecule has 86 valence electrons. The number of rotatable bonds is 4. The lowest BCUT2D eigenvalue weighted by atomic mass is 10.0. The van der Waals surface area contributed by atoms with Gasteiger partial charge in [-0.05, 0) is 31.9 Å². The molecule has 0 atom stereocenters. The highest BCUT2D eigenvalue weighted by Crippen LogP contribution is 2.17. The highest BCUT2D eigenvalue weighted by atomic mass is 19.1. The predicted molar refractivity (Wildman–Crippen MR) is 59.5 cm³/mol. The van der Waals surface area contributed by atoms with E-state index in [0.29, 0.717) is 6.42 Å². The van der Waals surface area contributed by atoms with Crippen molar-refractivity contribution in [1.29, 1.82) is 0 Å². The summed E-state index contributed by atoms with van der Waals surface area (Å²) >= 11 is 0. The maximum atomic E-state index is 13.3. The Balaban J connectivity index is 2.91. The van der Waals surface area contributed by atoms with Gasteiger partial charge in [-0.3, -0.25) is 4.79 Å². The third-order valence-electron chi connectivity index (χ3n) is 2.33. The predicted octanol–water partition coefficient (Wildman–Crippen LogP) is 3.81. The van der Waals surface area contributed by atoms with Crippen molar-refractivity contribution < 1.29 is 13.6 Å². The van der Waals surface area contributed by atoms with Gasteiger partial charge in [0.2, 0.25) is 0 Å². The zero-order chi connectivity index (χ0) is 12.3. The van der Waals surface area contributed by atoms with Crippen molar-refractivity contribution >= 4 is 5.78 Å². The number of allylic oxidation sites excluding steroid dienone is 1. The van der Waals surface area contributed by atoms with E-state index < -0.39 is 11.6 Å². The molecule has 0 bridgehead atoms. The van der Waals surface area contributed by atoms with E-state index in [2.05, 4.69) is 6.58 Å². The molecule has 0 saturated carbocycles. The Bertz CT molecular complexity index is 436. The van der Waals surface area contributed by atoms with E-state index in [0.717, 1.165) is 11.6 Å². The smallest absolute Gasteiger partial charge is 0.166 e. The normalized spacial score (nSPS) is 10.2. The summed E-state index contributed by atoms with van der Waals surface area (Å²) in [6.07, 6.45) is 0.728. The number of carbonyl (C=O) groups excluding carboxylic acids is 1. The molecule has 0 saturated heterocycles. The van der Waals surface area contributed by atoms with E-state index in [1.165, 1.54) is 13.0 Å². The molecule has 0 heterocycles. The van der Waals surface area contributed by atoms with Crippen molar-refractivity contribution in [2.75, 3.05) is 0 Å². The number of aryl methyl sites for hydroxylation is 1. The van der Waals surface area contributed by atoms with Gasteiger partial charge in [-0.25, -0.2) is 8.78 Å². The van der Waals surface area contributed by atoms with Crippen molar-refractivity contribution in [2.24, 2.45) is 0 Å². The van der Waals surface area contributed by atoms with Crippen molar-refractivity contribution in [3.05, 3.63) is 47.0 Å². The molecule has 0 aliphatic rings. The van der Waals surface area contributed by atoms with Gasteiger partial charge < -0.3 is 0 Å². The van der Waals surface area contributed by atoms with Crippen LogP contribution >= 0.6 is 0 Å². The zero-order valence-corrected chi connectivity index (χ0v) is 9.44. The number of benzene rings is 1. The molecule has 0 spiro atoms. The van der Waals surface area contributed by atoms with Crippen LogP contribution in [-0.2, 0) is 0 Å². The molecule has 0 aliphatic heterocycles. The topological polar surface area (TPSA) is 17.1 Å². The van der Waals surface area contributed by atoms with Gasteiger partial charge in [-0.1, -0.05) is 5.57 Å². The van der Waals surface area contributed by atoms with Crippen LogP contribution in [-0.4, -0.2) is 5.78 Å². The van der Waals surface area contributed by atoms with Crippen LogP contribution in [0.2, 0.25) is 0 Å². The minimum Gasteiger partial charge on any atom is -0.294 e. The summed E-state index contributed by atoms with van der Waals surface area (Å²) in [6.45, 7) is 6.98. The van der Waals surface area contributed by atoms with E-state index in [1.54, 1.807) is 6.92 Å². The van der Waals surface area contributed by atoms with Crippen LogP contribution in [0.15, 0.2) is 24.3 Å². The van der Waals surface area contributed by atoms with Gasteiger partial charge in [0.05, 0.1) is 5.56 Å². The Morgan fingerprint density at radius 1 is 1.25 bits per heavy atom. The number of ketones is 1. The molecule has 0 aromatic heterocycles. The minimum absolute atomic E-state index is 0.0415. The Kier molecular flexibility index (Phi) is 3.93. The first-order valence-electron chi connectivity index (χ1n) is 5.05. The second kappa shape index (κ2) is 5.01. The molecule has 0 radical (unpaired) electrons. The monoisotopic (exact) mass is 224 g/mol. The molecule has 1 aromatic rings. The Hall–Kier alpha value is -1.51. The highest BCUT2D eigenvalue weighted by Gasteiger charge is 2.14. The number of hydrogen-bond donors (Lipinski definition) is 0. The van der Waals surface area contributed by atoms with Crippen LogP contribution in [0.4, 0.5) is 8.78 Å². The molecule has 0 aliphatic carbocycles. The lowest BCUT2D eigenvalue weighted by Crippen LogP contribution is -2.04. The number of hydrogen-bond acceptors (Lipinski definition) is 1. The van der Waals surface area contributed by atoms with Gasteiger partial charge in [-0.15, -0.1) is 6.58 Å². The summed E-state index contributed by atoms with van der Waals surface area (Å²) in [5.74, 6) is -1.74. The van der Waals surface area contributed by atoms with E-state index in [-0.39, 0.29) is 23.3 Å². The fourth-order valence-electron chi connectivity index (χ4n) is 1.33. The average molecular weight is 224 g/mol. The first-order chi connectivity index (χ1) is 7.41. The Morgan fingerprint density at radius 2 is 1.88 bits per heavy atom. The second-order valence-corrected chi connectivity index (χ2v) is 3.96. The molecule has 1 aromatic carbocycles. The third kappa shape index (κ3) is 2.99. The summed E-state index contributed by atoms with van der Waals surface area (Å²) in [5, 5.41) is 0. The van der Waals surface area contributed by atoms with Crippen LogP contribution in [0.25, 0.3) is 0 Å². The summed E-state index contributed by atoms with van der Waals surface area (Å²) in [5.41, 5.74) is 1.10. The molecule has 1 nitrogen and oxygen atoms in total. The molecule has 1 rings (SSSR count). The molecule has 0 amide bonds. The number of halogens is 2. The first kappa shape index (κ1) is 12.6. The fourth-order valence-corrected chi connectivity index (χ4v) is 1.33. The van der Waals surface area contributed by atoms with Gasteiger partial charge in [0.15, 0.2) is 5.78 Å². The van der Waals surface area contributed by atoms with Gasteiger partial charge in [0.1, 0.15) is 11.6 Å². The number of Topliss-reactive ketones (excluding diaryl/α,β-unsaturated/α-hetero) is 1. The standard InChI is InChI=1S/C13H14F2O/c1-8(2)4-5-13(16)10-6-9(3)11(14)7-12(10)15/h6-7H,1,4-5H2,2-3H3. The lowest BCUT2D eigenvalue weighted by molar-refractivity contribution is 0.0978. The van der Waals surface area contributed by atoms with Crippen LogP contribution in [0, 0.1) is 18.6 Å². The van der Waals surface area contributed by atoms with E-state index in [4.69, 9.17) is 0 Å². The molecule has 0 unspecified atom stereocenters. The van der Waals surface area contributed by atoms with E-state index in [9.17, 15) is 13.6 Å². The van der Waals surface area contributed by atoms with Crippen LogP contribution < -0.4 is 0 Å². The Labute approximate surface area is 93.8 Å². The number of carbonyl (C=O) groups is 1. The van der Waals surface area contributed by atoms with Crippen LogP contribution in [0.5, 0.6) is 0 Å². The quantitative estimate of drug-likeness (QED) is 0.561. The largest absolute Gasteiger partial charge is 0.294 e. The lowest BCUT2D eigenvalue weighted by Gasteiger charge is -2.05. The highest BCUT2D eigenvalue weighted by molar-refractivity contribution is 5.96. The van der Waals surface area contributed by atoms with Crippen molar-refractivity contribution in [1.82, 2.24) is 0 Å². The summed E-state index contributed by atoms with van der Waals surface area (Å²) in [6, 6.07) is 2.01. The SMILES string of the molecule is C=C(C)CCC(=O)c1cc(C)c(F)cc1F.